The number of unbranched alkanes of at least 4 members (excludes halogenated alkanes) is 2. The monoisotopic (exact) mass is 270 g/mol. The van der Waals surface area contributed by atoms with Crippen molar-refractivity contribution < 1.29 is 4.79 Å². The minimum absolute atomic E-state index is 0.0197. The van der Waals surface area contributed by atoms with E-state index in [9.17, 15) is 4.79 Å². The molecule has 0 aliphatic heterocycles. The van der Waals surface area contributed by atoms with Gasteiger partial charge in [0, 0.05) is 19.6 Å². The van der Waals surface area contributed by atoms with Crippen LogP contribution in [-0.2, 0) is 4.79 Å². The number of carbonyl (C=O) groups is 1. The molecule has 0 saturated heterocycles. The lowest BCUT2D eigenvalue weighted by atomic mass is 9.84. The molecule has 1 unspecified atom stereocenters. The molecule has 0 aromatic rings. The Balaban J connectivity index is 4.62. The standard InChI is InChI=1S/C16H34N2O/c1-6-8-10-18(11-9-7-2)15(19)14(13-17)12-16(3,4)5/h14H,6-13,17H2,1-5H3. The smallest absolute Gasteiger partial charge is 0.226 e. The van der Waals surface area contributed by atoms with Crippen molar-refractivity contribution >= 4 is 5.91 Å². The summed E-state index contributed by atoms with van der Waals surface area (Å²) in [6, 6.07) is 0. The van der Waals surface area contributed by atoms with Crippen LogP contribution < -0.4 is 5.73 Å². The van der Waals surface area contributed by atoms with Crippen molar-refractivity contribution in [3.05, 3.63) is 0 Å². The molecule has 0 rings (SSSR count). The van der Waals surface area contributed by atoms with Gasteiger partial charge in [-0.15, -0.1) is 0 Å². The van der Waals surface area contributed by atoms with Crippen molar-refractivity contribution in [3.8, 4) is 0 Å². The lowest BCUT2D eigenvalue weighted by molar-refractivity contribution is -0.136. The second-order valence-corrected chi connectivity index (χ2v) is 6.73. The molecule has 0 aliphatic carbocycles. The molecule has 3 heteroatoms. The van der Waals surface area contributed by atoms with Crippen LogP contribution in [0.4, 0.5) is 0 Å². The van der Waals surface area contributed by atoms with E-state index in [2.05, 4.69) is 34.6 Å². The summed E-state index contributed by atoms with van der Waals surface area (Å²) < 4.78 is 0. The highest BCUT2D eigenvalue weighted by Gasteiger charge is 2.27. The molecule has 1 amide bonds. The first-order valence-electron chi connectivity index (χ1n) is 7.84. The van der Waals surface area contributed by atoms with Crippen LogP contribution in [-0.4, -0.2) is 30.4 Å². The summed E-state index contributed by atoms with van der Waals surface area (Å²) in [6.45, 7) is 13.1. The number of hydrogen-bond donors (Lipinski definition) is 1. The van der Waals surface area contributed by atoms with Gasteiger partial charge in [-0.1, -0.05) is 47.5 Å². The molecule has 0 aromatic carbocycles. The van der Waals surface area contributed by atoms with Gasteiger partial charge < -0.3 is 10.6 Å². The number of nitrogens with two attached hydrogens (primary N) is 1. The van der Waals surface area contributed by atoms with Crippen LogP contribution in [0.1, 0.15) is 66.7 Å². The first-order chi connectivity index (χ1) is 8.85. The Hall–Kier alpha value is -0.570. The van der Waals surface area contributed by atoms with E-state index in [0.29, 0.717) is 6.54 Å². The SMILES string of the molecule is CCCCN(CCCC)C(=O)C(CN)CC(C)(C)C. The number of nitrogens with zero attached hydrogens (tertiary/aromatic N) is 1. The topological polar surface area (TPSA) is 46.3 Å². The van der Waals surface area contributed by atoms with Gasteiger partial charge in [0.1, 0.15) is 0 Å². The van der Waals surface area contributed by atoms with Gasteiger partial charge in [-0.25, -0.2) is 0 Å². The molecule has 2 N–H and O–H groups in total. The van der Waals surface area contributed by atoms with Gasteiger partial charge in [0.2, 0.25) is 5.91 Å². The molecular weight excluding hydrogens is 236 g/mol. The zero-order valence-corrected chi connectivity index (χ0v) is 13.7. The van der Waals surface area contributed by atoms with Gasteiger partial charge in [-0.05, 0) is 24.7 Å². The summed E-state index contributed by atoms with van der Waals surface area (Å²) in [7, 11) is 0. The number of amides is 1. The van der Waals surface area contributed by atoms with Crippen molar-refractivity contribution in [2.75, 3.05) is 19.6 Å². The highest BCUT2D eigenvalue weighted by molar-refractivity contribution is 5.79. The van der Waals surface area contributed by atoms with Crippen molar-refractivity contribution in [1.82, 2.24) is 4.90 Å². The lowest BCUT2D eigenvalue weighted by Crippen LogP contribution is -2.41. The maximum Gasteiger partial charge on any atom is 0.226 e. The van der Waals surface area contributed by atoms with Crippen LogP contribution in [0.2, 0.25) is 0 Å². The molecule has 0 fully saturated rings. The highest BCUT2D eigenvalue weighted by Crippen LogP contribution is 2.25. The van der Waals surface area contributed by atoms with Gasteiger partial charge in [-0.2, -0.15) is 0 Å². The number of carbonyl (C=O) groups excluding carboxylic acids is 1. The number of rotatable bonds is 9. The minimum Gasteiger partial charge on any atom is -0.342 e. The summed E-state index contributed by atoms with van der Waals surface area (Å²) in [4.78, 5) is 14.6. The van der Waals surface area contributed by atoms with E-state index < -0.39 is 0 Å². The maximum absolute atomic E-state index is 12.6. The average molecular weight is 270 g/mol. The molecule has 0 bridgehead atoms. The number of hydrogen-bond acceptors (Lipinski definition) is 2. The zero-order chi connectivity index (χ0) is 14.9. The Labute approximate surface area is 119 Å². The van der Waals surface area contributed by atoms with Crippen LogP contribution in [0.3, 0.4) is 0 Å². The predicted octanol–water partition coefficient (Wildman–Crippen LogP) is 3.43. The highest BCUT2D eigenvalue weighted by atomic mass is 16.2. The van der Waals surface area contributed by atoms with E-state index >= 15 is 0 Å². The second-order valence-electron chi connectivity index (χ2n) is 6.73. The molecule has 0 spiro atoms. The van der Waals surface area contributed by atoms with E-state index in [0.717, 1.165) is 45.2 Å². The normalized spacial score (nSPS) is 13.4. The van der Waals surface area contributed by atoms with Crippen LogP contribution in [0.25, 0.3) is 0 Å². The molecule has 114 valence electrons. The molecule has 19 heavy (non-hydrogen) atoms. The Morgan fingerprint density at radius 3 is 1.89 bits per heavy atom. The fourth-order valence-electron chi connectivity index (χ4n) is 2.30. The van der Waals surface area contributed by atoms with Crippen LogP contribution in [0.5, 0.6) is 0 Å². The van der Waals surface area contributed by atoms with E-state index in [1.165, 1.54) is 0 Å². The van der Waals surface area contributed by atoms with Crippen molar-refractivity contribution in [2.45, 2.75) is 66.7 Å². The Kier molecular flexibility index (Phi) is 9.07. The molecule has 0 radical (unpaired) electrons. The Morgan fingerprint density at radius 1 is 1.11 bits per heavy atom. The summed E-state index contributed by atoms with van der Waals surface area (Å²) in [5.74, 6) is 0.244. The first-order valence-corrected chi connectivity index (χ1v) is 7.84. The van der Waals surface area contributed by atoms with Crippen molar-refractivity contribution in [1.29, 1.82) is 0 Å². The maximum atomic E-state index is 12.6. The first kappa shape index (κ1) is 18.4. The van der Waals surface area contributed by atoms with Crippen molar-refractivity contribution in [3.63, 3.8) is 0 Å². The quantitative estimate of drug-likeness (QED) is 0.697. The zero-order valence-electron chi connectivity index (χ0n) is 13.7. The van der Waals surface area contributed by atoms with Gasteiger partial charge in [0.15, 0.2) is 0 Å². The van der Waals surface area contributed by atoms with Gasteiger partial charge in [0.05, 0.1) is 5.92 Å². The Morgan fingerprint density at radius 2 is 1.58 bits per heavy atom. The third-order valence-corrected chi connectivity index (χ3v) is 3.37. The average Bonchev–Trinajstić information content (AvgIpc) is 2.34. The third-order valence-electron chi connectivity index (χ3n) is 3.37. The fraction of sp³-hybridized carbons (Fsp3) is 0.938. The van der Waals surface area contributed by atoms with E-state index in [1.807, 2.05) is 4.90 Å². The van der Waals surface area contributed by atoms with Crippen molar-refractivity contribution in [2.24, 2.45) is 17.1 Å². The van der Waals surface area contributed by atoms with E-state index in [-0.39, 0.29) is 17.2 Å². The summed E-state index contributed by atoms with van der Waals surface area (Å²) in [5.41, 5.74) is 5.98. The molecular formula is C16H34N2O. The van der Waals surface area contributed by atoms with Crippen LogP contribution >= 0.6 is 0 Å². The van der Waals surface area contributed by atoms with Crippen LogP contribution in [0.15, 0.2) is 0 Å². The predicted molar refractivity (Wildman–Crippen MR) is 83.0 cm³/mol. The molecule has 0 heterocycles. The third kappa shape index (κ3) is 8.25. The van der Waals surface area contributed by atoms with Gasteiger partial charge >= 0.3 is 0 Å². The molecule has 0 aromatic heterocycles. The second kappa shape index (κ2) is 9.35. The van der Waals surface area contributed by atoms with Gasteiger partial charge in [-0.3, -0.25) is 4.79 Å². The van der Waals surface area contributed by atoms with Crippen LogP contribution in [0, 0.1) is 11.3 Å². The van der Waals surface area contributed by atoms with Gasteiger partial charge in [0.25, 0.3) is 0 Å². The largest absolute Gasteiger partial charge is 0.342 e. The minimum atomic E-state index is -0.0197. The molecule has 0 aliphatic rings. The fourth-order valence-corrected chi connectivity index (χ4v) is 2.30. The molecule has 1 atom stereocenters. The Bertz CT molecular complexity index is 238. The van der Waals surface area contributed by atoms with E-state index in [1.54, 1.807) is 0 Å². The summed E-state index contributed by atoms with van der Waals surface area (Å²) in [6.07, 6.45) is 5.30. The molecule has 3 nitrogen and oxygen atoms in total. The summed E-state index contributed by atoms with van der Waals surface area (Å²) >= 11 is 0. The van der Waals surface area contributed by atoms with E-state index in [4.69, 9.17) is 5.73 Å². The molecule has 0 saturated carbocycles. The lowest BCUT2D eigenvalue weighted by Gasteiger charge is -2.30. The summed E-state index contributed by atoms with van der Waals surface area (Å²) in [5, 5.41) is 0.